The molecule has 1 aromatic rings. The quantitative estimate of drug-likeness (QED) is 0.879. The Kier molecular flexibility index (Phi) is 3.24. The zero-order chi connectivity index (χ0) is 11.7. The molecule has 16 heavy (non-hydrogen) atoms. The summed E-state index contributed by atoms with van der Waals surface area (Å²) in [6.07, 6.45) is 4.16. The Morgan fingerprint density at radius 1 is 1.56 bits per heavy atom. The first-order chi connectivity index (χ1) is 7.58. The van der Waals surface area contributed by atoms with Crippen LogP contribution < -0.4 is 10.6 Å². The van der Waals surface area contributed by atoms with Crippen molar-refractivity contribution >= 4 is 23.1 Å². The molecule has 0 radical (unpaired) electrons. The number of pyridine rings is 1. The minimum absolute atomic E-state index is 0.599. The lowest BCUT2D eigenvalue weighted by Crippen LogP contribution is -2.31. The molecule has 4 heteroatoms. The van der Waals surface area contributed by atoms with Crippen LogP contribution in [0, 0.1) is 5.92 Å². The van der Waals surface area contributed by atoms with Gasteiger partial charge in [-0.3, -0.25) is 0 Å². The number of anilines is 2. The van der Waals surface area contributed by atoms with E-state index in [1.165, 1.54) is 12.8 Å². The number of nitrogens with two attached hydrogens (primary N) is 1. The van der Waals surface area contributed by atoms with E-state index in [0.717, 1.165) is 12.4 Å². The van der Waals surface area contributed by atoms with Crippen molar-refractivity contribution in [2.45, 2.75) is 32.7 Å². The Morgan fingerprint density at radius 2 is 2.25 bits per heavy atom. The number of aromatic nitrogens is 1. The summed E-state index contributed by atoms with van der Waals surface area (Å²) >= 11 is 5.86. The van der Waals surface area contributed by atoms with Gasteiger partial charge in [0.15, 0.2) is 5.82 Å². The highest BCUT2D eigenvalue weighted by molar-refractivity contribution is 6.30. The molecule has 2 N–H and O–H groups in total. The Morgan fingerprint density at radius 3 is 2.75 bits per heavy atom. The van der Waals surface area contributed by atoms with Gasteiger partial charge in [-0.05, 0) is 24.8 Å². The van der Waals surface area contributed by atoms with E-state index in [1.54, 1.807) is 12.3 Å². The summed E-state index contributed by atoms with van der Waals surface area (Å²) in [5.74, 6) is 1.50. The maximum atomic E-state index is 5.97. The average molecular weight is 240 g/mol. The molecule has 0 spiro atoms. The van der Waals surface area contributed by atoms with Gasteiger partial charge < -0.3 is 10.6 Å². The second kappa shape index (κ2) is 4.50. The van der Waals surface area contributed by atoms with Crippen LogP contribution in [0.3, 0.4) is 0 Å². The molecule has 0 bridgehead atoms. The lowest BCUT2D eigenvalue weighted by atomic mass is 10.2. The molecule has 0 saturated heterocycles. The lowest BCUT2D eigenvalue weighted by molar-refractivity contribution is 0.603. The van der Waals surface area contributed by atoms with Crippen molar-refractivity contribution in [1.82, 2.24) is 4.98 Å². The minimum Gasteiger partial charge on any atom is -0.396 e. The molecule has 1 heterocycles. The van der Waals surface area contributed by atoms with Crippen LogP contribution in [0.4, 0.5) is 11.5 Å². The van der Waals surface area contributed by atoms with Gasteiger partial charge in [0.05, 0.1) is 10.7 Å². The van der Waals surface area contributed by atoms with Gasteiger partial charge in [0.25, 0.3) is 0 Å². The fraction of sp³-hybridized carbons (Fsp3) is 0.583. The third kappa shape index (κ3) is 2.59. The number of rotatable bonds is 4. The number of hydrogen-bond acceptors (Lipinski definition) is 3. The number of nitrogens with zero attached hydrogens (tertiary/aromatic N) is 2. The van der Waals surface area contributed by atoms with Gasteiger partial charge in [0, 0.05) is 18.8 Å². The summed E-state index contributed by atoms with van der Waals surface area (Å²) in [6, 6.07) is 2.40. The van der Waals surface area contributed by atoms with Crippen LogP contribution in [0.1, 0.15) is 26.7 Å². The molecule has 3 nitrogen and oxygen atoms in total. The first-order valence-electron chi connectivity index (χ1n) is 5.75. The summed E-state index contributed by atoms with van der Waals surface area (Å²) in [7, 11) is 0. The number of hydrogen-bond donors (Lipinski definition) is 1. The molecule has 0 atom stereocenters. The topological polar surface area (TPSA) is 42.2 Å². The van der Waals surface area contributed by atoms with Crippen LogP contribution in [-0.4, -0.2) is 17.6 Å². The number of halogens is 1. The highest BCUT2D eigenvalue weighted by atomic mass is 35.5. The Labute approximate surface area is 102 Å². The van der Waals surface area contributed by atoms with Gasteiger partial charge in [-0.2, -0.15) is 0 Å². The van der Waals surface area contributed by atoms with Crippen LogP contribution in [-0.2, 0) is 0 Å². The van der Waals surface area contributed by atoms with E-state index in [2.05, 4.69) is 23.7 Å². The van der Waals surface area contributed by atoms with Crippen molar-refractivity contribution in [3.8, 4) is 0 Å². The summed E-state index contributed by atoms with van der Waals surface area (Å²) < 4.78 is 0. The van der Waals surface area contributed by atoms with E-state index in [9.17, 15) is 0 Å². The van der Waals surface area contributed by atoms with E-state index in [-0.39, 0.29) is 0 Å². The van der Waals surface area contributed by atoms with Crippen molar-refractivity contribution in [2.75, 3.05) is 17.2 Å². The van der Waals surface area contributed by atoms with Crippen molar-refractivity contribution in [1.29, 1.82) is 0 Å². The largest absolute Gasteiger partial charge is 0.396 e. The van der Waals surface area contributed by atoms with E-state index in [1.807, 2.05) is 0 Å². The Balaban J connectivity index is 2.24. The first-order valence-corrected chi connectivity index (χ1v) is 6.13. The highest BCUT2D eigenvalue weighted by Gasteiger charge is 2.31. The number of nitrogen functional groups attached to an aromatic ring is 1. The third-order valence-corrected chi connectivity index (χ3v) is 2.89. The summed E-state index contributed by atoms with van der Waals surface area (Å²) in [6.45, 7) is 5.42. The van der Waals surface area contributed by atoms with Gasteiger partial charge in [-0.25, -0.2) is 4.98 Å². The molecule has 1 fully saturated rings. The zero-order valence-electron chi connectivity index (χ0n) is 9.78. The van der Waals surface area contributed by atoms with Crippen molar-refractivity contribution in [3.63, 3.8) is 0 Å². The lowest BCUT2D eigenvalue weighted by Gasteiger charge is -2.26. The molecule has 0 aromatic carbocycles. The second-order valence-electron chi connectivity index (χ2n) is 4.84. The Hall–Kier alpha value is -0.960. The maximum absolute atomic E-state index is 5.97. The van der Waals surface area contributed by atoms with E-state index in [4.69, 9.17) is 17.3 Å². The van der Waals surface area contributed by atoms with Crippen LogP contribution in [0.15, 0.2) is 12.3 Å². The van der Waals surface area contributed by atoms with E-state index >= 15 is 0 Å². The van der Waals surface area contributed by atoms with Crippen molar-refractivity contribution in [3.05, 3.63) is 17.3 Å². The fourth-order valence-electron chi connectivity index (χ4n) is 1.88. The SMILES string of the molecule is CC(C)CN(c1ncc(Cl)cc1N)C1CC1. The van der Waals surface area contributed by atoms with Crippen LogP contribution in [0.25, 0.3) is 0 Å². The van der Waals surface area contributed by atoms with Crippen molar-refractivity contribution < 1.29 is 0 Å². The highest BCUT2D eigenvalue weighted by Crippen LogP contribution is 2.34. The van der Waals surface area contributed by atoms with Gasteiger partial charge in [-0.15, -0.1) is 0 Å². The van der Waals surface area contributed by atoms with Gasteiger partial charge >= 0.3 is 0 Å². The standard InChI is InChI=1S/C12H18ClN3/c1-8(2)7-16(10-3-4-10)12-11(14)5-9(13)6-15-12/h5-6,8,10H,3-4,7,14H2,1-2H3. The molecule has 0 aliphatic heterocycles. The third-order valence-electron chi connectivity index (χ3n) is 2.68. The molecule has 1 saturated carbocycles. The minimum atomic E-state index is 0.599. The Bertz CT molecular complexity index is 375. The smallest absolute Gasteiger partial charge is 0.152 e. The van der Waals surface area contributed by atoms with Crippen molar-refractivity contribution in [2.24, 2.45) is 5.92 Å². The van der Waals surface area contributed by atoms with Crippen LogP contribution in [0.2, 0.25) is 5.02 Å². The van der Waals surface area contributed by atoms with Gasteiger partial charge in [0.2, 0.25) is 0 Å². The first kappa shape index (κ1) is 11.5. The normalized spacial score (nSPS) is 15.5. The van der Waals surface area contributed by atoms with Gasteiger partial charge in [-0.1, -0.05) is 25.4 Å². The average Bonchev–Trinajstić information content (AvgIpc) is 2.97. The van der Waals surface area contributed by atoms with E-state index in [0.29, 0.717) is 22.7 Å². The summed E-state index contributed by atoms with van der Waals surface area (Å²) in [5.41, 5.74) is 6.66. The molecule has 1 aliphatic rings. The fourth-order valence-corrected chi connectivity index (χ4v) is 2.04. The monoisotopic (exact) mass is 239 g/mol. The van der Waals surface area contributed by atoms with Gasteiger partial charge in [0.1, 0.15) is 0 Å². The molecule has 1 aliphatic carbocycles. The molecular formula is C12H18ClN3. The van der Waals surface area contributed by atoms with Crippen LogP contribution >= 0.6 is 11.6 Å². The van der Waals surface area contributed by atoms with Crippen LogP contribution in [0.5, 0.6) is 0 Å². The van der Waals surface area contributed by atoms with E-state index < -0.39 is 0 Å². The molecule has 0 amide bonds. The second-order valence-corrected chi connectivity index (χ2v) is 5.28. The molecule has 0 unspecified atom stereocenters. The predicted octanol–water partition coefficient (Wildman–Crippen LogP) is 2.94. The predicted molar refractivity (Wildman–Crippen MR) is 68.9 cm³/mol. The summed E-state index contributed by atoms with van der Waals surface area (Å²) in [5, 5.41) is 0.599. The zero-order valence-corrected chi connectivity index (χ0v) is 10.5. The molecule has 1 aromatic heterocycles. The molecule has 88 valence electrons. The summed E-state index contributed by atoms with van der Waals surface area (Å²) in [4.78, 5) is 6.68. The molecule has 2 rings (SSSR count). The maximum Gasteiger partial charge on any atom is 0.152 e. The molecular weight excluding hydrogens is 222 g/mol.